The summed E-state index contributed by atoms with van der Waals surface area (Å²) in [6, 6.07) is 1.56. The van der Waals surface area contributed by atoms with Crippen LogP contribution in [0.3, 0.4) is 0 Å². The van der Waals surface area contributed by atoms with Crippen molar-refractivity contribution in [2.75, 3.05) is 19.6 Å². The van der Waals surface area contributed by atoms with Crippen LogP contribution in [0, 0.1) is 11.8 Å². The van der Waals surface area contributed by atoms with Crippen molar-refractivity contribution in [3.05, 3.63) is 47.0 Å². The molecule has 2 unspecified atom stereocenters. The van der Waals surface area contributed by atoms with Gasteiger partial charge in [-0.15, -0.1) is 0 Å². The molecular formula is C25H32F5N3O2. The summed E-state index contributed by atoms with van der Waals surface area (Å²) in [6.45, 7) is 5.37. The second-order valence-corrected chi connectivity index (χ2v) is 9.69. The fourth-order valence-corrected chi connectivity index (χ4v) is 4.75. The highest BCUT2D eigenvalue weighted by molar-refractivity contribution is 5.94. The molecule has 2 atom stereocenters. The average molecular weight is 502 g/mol. The molecule has 1 aromatic carbocycles. The summed E-state index contributed by atoms with van der Waals surface area (Å²) in [5, 5.41) is 2.57. The highest BCUT2D eigenvalue weighted by Gasteiger charge is 2.38. The first-order chi connectivity index (χ1) is 16.3. The average Bonchev–Trinajstić information content (AvgIpc) is 2.81. The zero-order valence-corrected chi connectivity index (χ0v) is 19.8. The summed E-state index contributed by atoms with van der Waals surface area (Å²) in [4.78, 5) is 27.2. The molecule has 2 fully saturated rings. The van der Waals surface area contributed by atoms with Gasteiger partial charge in [-0.1, -0.05) is 19.4 Å². The summed E-state index contributed by atoms with van der Waals surface area (Å²) < 4.78 is 68.7. The largest absolute Gasteiger partial charge is 0.416 e. The summed E-state index contributed by atoms with van der Waals surface area (Å²) in [5.41, 5.74) is 2.75. The molecule has 1 aliphatic carbocycles. The Morgan fingerprint density at radius 3 is 2.20 bits per heavy atom. The van der Waals surface area contributed by atoms with Gasteiger partial charge in [0.05, 0.1) is 11.5 Å². The number of halogens is 5. The number of nitrogens with two attached hydrogens (primary N) is 1. The minimum atomic E-state index is -4.89. The second kappa shape index (κ2) is 10.6. The number of nitrogens with zero attached hydrogens (tertiary/aromatic N) is 1. The van der Waals surface area contributed by atoms with Crippen molar-refractivity contribution in [1.82, 2.24) is 10.2 Å². The Hall–Kier alpha value is -2.49. The highest BCUT2D eigenvalue weighted by atomic mass is 19.4. The first kappa shape index (κ1) is 27.1. The van der Waals surface area contributed by atoms with Gasteiger partial charge in [0.25, 0.3) is 11.8 Å². The van der Waals surface area contributed by atoms with Gasteiger partial charge in [-0.2, -0.15) is 22.0 Å². The van der Waals surface area contributed by atoms with Gasteiger partial charge in [0.15, 0.2) is 0 Å². The molecule has 1 heterocycles. The van der Waals surface area contributed by atoms with Gasteiger partial charge in [0.2, 0.25) is 5.91 Å². The number of alkyl halides is 5. The maximum atomic E-state index is 14.4. The zero-order valence-electron chi connectivity index (χ0n) is 19.8. The van der Waals surface area contributed by atoms with Gasteiger partial charge >= 0.3 is 6.18 Å². The van der Waals surface area contributed by atoms with Gasteiger partial charge in [-0.25, -0.2) is 0 Å². The van der Waals surface area contributed by atoms with E-state index in [1.165, 1.54) is 0 Å². The van der Waals surface area contributed by atoms with Crippen LogP contribution in [0.4, 0.5) is 22.0 Å². The SMILES string of the molecule is C=C(C)C(F)(F)c1cc(C(=O)NCC2CCN(C(=O)C3CCCCC3N)CC2)cc(C(F)(F)F)c1. The van der Waals surface area contributed by atoms with Crippen LogP contribution in [0.15, 0.2) is 30.4 Å². The molecule has 0 spiro atoms. The van der Waals surface area contributed by atoms with Gasteiger partial charge < -0.3 is 16.0 Å². The summed E-state index contributed by atoms with van der Waals surface area (Å²) >= 11 is 0. The van der Waals surface area contributed by atoms with Crippen molar-refractivity contribution in [2.24, 2.45) is 17.6 Å². The van der Waals surface area contributed by atoms with E-state index in [9.17, 15) is 31.5 Å². The molecule has 0 bridgehead atoms. The molecule has 10 heteroatoms. The van der Waals surface area contributed by atoms with Crippen LogP contribution in [0.1, 0.15) is 66.9 Å². The Morgan fingerprint density at radius 2 is 1.63 bits per heavy atom. The Morgan fingerprint density at radius 1 is 1.03 bits per heavy atom. The fourth-order valence-electron chi connectivity index (χ4n) is 4.75. The topological polar surface area (TPSA) is 75.4 Å². The zero-order chi connectivity index (χ0) is 26.0. The van der Waals surface area contributed by atoms with E-state index in [0.717, 1.165) is 38.7 Å². The van der Waals surface area contributed by atoms with Gasteiger partial charge in [0, 0.05) is 36.8 Å². The molecule has 2 amide bonds. The van der Waals surface area contributed by atoms with E-state index in [0.29, 0.717) is 38.1 Å². The summed E-state index contributed by atoms with van der Waals surface area (Å²) in [5.74, 6) is -4.65. The van der Waals surface area contributed by atoms with Crippen molar-refractivity contribution in [2.45, 2.75) is 63.6 Å². The Balaban J connectivity index is 1.62. The number of nitrogens with one attached hydrogen (secondary N) is 1. The third-order valence-corrected chi connectivity index (χ3v) is 7.04. The second-order valence-electron chi connectivity index (χ2n) is 9.69. The molecule has 0 aromatic heterocycles. The van der Waals surface area contributed by atoms with E-state index in [2.05, 4.69) is 11.9 Å². The monoisotopic (exact) mass is 501 g/mol. The molecule has 1 aromatic rings. The van der Waals surface area contributed by atoms with E-state index >= 15 is 0 Å². The normalized spacial score (nSPS) is 22.1. The number of rotatable bonds is 6. The number of likely N-dealkylation sites (tertiary alicyclic amines) is 1. The third-order valence-electron chi connectivity index (χ3n) is 7.04. The first-order valence-corrected chi connectivity index (χ1v) is 11.9. The van der Waals surface area contributed by atoms with Crippen LogP contribution in [0.25, 0.3) is 0 Å². The van der Waals surface area contributed by atoms with Crippen LogP contribution < -0.4 is 11.1 Å². The fraction of sp³-hybridized carbons (Fsp3) is 0.600. The molecular weight excluding hydrogens is 469 g/mol. The number of carbonyl (C=O) groups excluding carboxylic acids is 2. The van der Waals surface area contributed by atoms with Gasteiger partial charge in [-0.3, -0.25) is 9.59 Å². The van der Waals surface area contributed by atoms with E-state index < -0.39 is 40.3 Å². The van der Waals surface area contributed by atoms with Crippen LogP contribution in [0.5, 0.6) is 0 Å². The molecule has 1 aliphatic heterocycles. The molecule has 194 valence electrons. The number of hydrogen-bond donors (Lipinski definition) is 2. The number of amides is 2. The maximum Gasteiger partial charge on any atom is 0.416 e. The lowest BCUT2D eigenvalue weighted by Crippen LogP contribution is -2.49. The first-order valence-electron chi connectivity index (χ1n) is 11.9. The lowest BCUT2D eigenvalue weighted by molar-refractivity contribution is -0.139. The predicted octanol–water partition coefficient (Wildman–Crippen LogP) is 4.86. The van der Waals surface area contributed by atoms with Crippen LogP contribution in [0.2, 0.25) is 0 Å². The predicted molar refractivity (Wildman–Crippen MR) is 122 cm³/mol. The van der Waals surface area contributed by atoms with E-state index in [4.69, 9.17) is 5.73 Å². The van der Waals surface area contributed by atoms with E-state index in [1.807, 2.05) is 0 Å². The van der Waals surface area contributed by atoms with Crippen LogP contribution in [-0.2, 0) is 16.9 Å². The molecule has 1 saturated carbocycles. The maximum absolute atomic E-state index is 14.4. The van der Waals surface area contributed by atoms with Crippen molar-refractivity contribution >= 4 is 11.8 Å². The molecule has 5 nitrogen and oxygen atoms in total. The number of carbonyl (C=O) groups is 2. The minimum Gasteiger partial charge on any atom is -0.352 e. The smallest absolute Gasteiger partial charge is 0.352 e. The molecule has 3 N–H and O–H groups in total. The van der Waals surface area contributed by atoms with Gasteiger partial charge in [0.1, 0.15) is 0 Å². The minimum absolute atomic E-state index is 0.0187. The van der Waals surface area contributed by atoms with Crippen LogP contribution >= 0.6 is 0 Å². The summed E-state index contributed by atoms with van der Waals surface area (Å²) in [7, 11) is 0. The van der Waals surface area contributed by atoms with E-state index in [1.54, 1.807) is 4.90 Å². The van der Waals surface area contributed by atoms with Crippen LogP contribution in [-0.4, -0.2) is 42.4 Å². The third kappa shape index (κ3) is 6.39. The lowest BCUT2D eigenvalue weighted by Gasteiger charge is -2.37. The molecule has 35 heavy (non-hydrogen) atoms. The van der Waals surface area contributed by atoms with Crippen molar-refractivity contribution in [3.8, 4) is 0 Å². The Kier molecular flexibility index (Phi) is 8.24. The molecule has 0 radical (unpaired) electrons. The number of allylic oxidation sites excluding steroid dienone is 1. The lowest BCUT2D eigenvalue weighted by atomic mass is 9.83. The standard InChI is InChI=1S/C25H32F5N3O2/c1-15(2)24(26,27)18-11-17(12-19(13-18)25(28,29)30)22(34)32-14-16-7-9-33(10-8-16)23(35)20-5-3-4-6-21(20)31/h11-13,16,20-21H,1,3-10,14,31H2,2H3,(H,32,34). The summed E-state index contributed by atoms with van der Waals surface area (Å²) in [6.07, 6.45) is 0.00244. The number of hydrogen-bond acceptors (Lipinski definition) is 3. The number of benzene rings is 1. The molecule has 1 saturated heterocycles. The van der Waals surface area contributed by atoms with Gasteiger partial charge in [-0.05, 0) is 62.3 Å². The molecule has 3 rings (SSSR count). The van der Waals surface area contributed by atoms with Crippen molar-refractivity contribution in [1.29, 1.82) is 0 Å². The highest BCUT2D eigenvalue weighted by Crippen LogP contribution is 2.39. The van der Waals surface area contributed by atoms with E-state index in [-0.39, 0.29) is 30.3 Å². The Bertz CT molecular complexity index is 955. The quantitative estimate of drug-likeness (QED) is 0.432. The molecule has 2 aliphatic rings. The van der Waals surface area contributed by atoms with Crippen molar-refractivity contribution < 1.29 is 31.5 Å². The van der Waals surface area contributed by atoms with Crippen molar-refractivity contribution in [3.63, 3.8) is 0 Å². The Labute approximate surface area is 201 Å². The number of piperidine rings is 1.